The van der Waals surface area contributed by atoms with E-state index in [1.54, 1.807) is 16.9 Å². The van der Waals surface area contributed by atoms with E-state index < -0.39 is 11.7 Å². The van der Waals surface area contributed by atoms with Crippen molar-refractivity contribution in [1.29, 1.82) is 0 Å². The molecule has 2 aromatic rings. The Bertz CT molecular complexity index is 627. The fraction of sp³-hybridized carbons (Fsp3) is 0.333. The molecule has 0 amide bonds. The van der Waals surface area contributed by atoms with Gasteiger partial charge < -0.3 is 0 Å². The van der Waals surface area contributed by atoms with Crippen molar-refractivity contribution in [3.05, 3.63) is 53.3 Å². The van der Waals surface area contributed by atoms with Gasteiger partial charge in [0.2, 0.25) is 0 Å². The van der Waals surface area contributed by atoms with Gasteiger partial charge >= 0.3 is 6.18 Å². The first kappa shape index (κ1) is 15.3. The molecule has 0 spiro atoms. The minimum Gasteiger partial charge on any atom is -0.294 e. The van der Waals surface area contributed by atoms with Crippen molar-refractivity contribution >= 4 is 5.78 Å². The van der Waals surface area contributed by atoms with E-state index in [-0.39, 0.29) is 23.8 Å². The maximum atomic E-state index is 12.4. The van der Waals surface area contributed by atoms with Crippen LogP contribution in [0.4, 0.5) is 13.2 Å². The molecule has 0 atom stereocenters. The van der Waals surface area contributed by atoms with Crippen molar-refractivity contribution in [2.24, 2.45) is 0 Å². The number of carbonyl (C=O) groups is 1. The lowest BCUT2D eigenvalue weighted by Crippen LogP contribution is -2.08. The summed E-state index contributed by atoms with van der Waals surface area (Å²) < 4.78 is 39.1. The number of alkyl halides is 3. The normalized spacial score (nSPS) is 11.9. The third kappa shape index (κ3) is 3.71. The zero-order chi connectivity index (χ0) is 15.6. The van der Waals surface area contributed by atoms with Crippen molar-refractivity contribution in [1.82, 2.24) is 9.78 Å². The Morgan fingerprint density at radius 2 is 1.81 bits per heavy atom. The van der Waals surface area contributed by atoms with Gasteiger partial charge in [0.15, 0.2) is 5.78 Å². The highest BCUT2D eigenvalue weighted by molar-refractivity contribution is 5.97. The van der Waals surface area contributed by atoms with Gasteiger partial charge in [0, 0.05) is 17.8 Å². The Morgan fingerprint density at radius 1 is 1.19 bits per heavy atom. The van der Waals surface area contributed by atoms with E-state index in [0.717, 1.165) is 12.1 Å². The molecule has 0 N–H and O–H groups in total. The summed E-state index contributed by atoms with van der Waals surface area (Å²) in [6.45, 7) is 3.93. The van der Waals surface area contributed by atoms with Crippen LogP contribution in [-0.4, -0.2) is 15.6 Å². The van der Waals surface area contributed by atoms with Crippen LogP contribution in [-0.2, 0) is 12.6 Å². The molecule has 2 rings (SSSR count). The number of Topliss-reactive ketones (excluding diaryl/α,β-unsaturated/α-hetero) is 1. The van der Waals surface area contributed by atoms with Gasteiger partial charge in [-0.3, -0.25) is 9.48 Å². The van der Waals surface area contributed by atoms with E-state index in [4.69, 9.17) is 0 Å². The first-order valence-electron chi connectivity index (χ1n) is 6.52. The molecule has 0 aliphatic carbocycles. The van der Waals surface area contributed by atoms with Gasteiger partial charge in [-0.2, -0.15) is 18.3 Å². The van der Waals surface area contributed by atoms with Gasteiger partial charge in [-0.15, -0.1) is 0 Å². The van der Waals surface area contributed by atoms with Gasteiger partial charge in [0.25, 0.3) is 0 Å². The fourth-order valence-electron chi connectivity index (χ4n) is 1.87. The smallest absolute Gasteiger partial charge is 0.294 e. The van der Waals surface area contributed by atoms with Crippen LogP contribution in [0.5, 0.6) is 0 Å². The lowest BCUT2D eigenvalue weighted by atomic mass is 10.0. The largest absolute Gasteiger partial charge is 0.416 e. The second kappa shape index (κ2) is 5.71. The van der Waals surface area contributed by atoms with Gasteiger partial charge in [0.1, 0.15) is 0 Å². The van der Waals surface area contributed by atoms with Gasteiger partial charge in [-0.05, 0) is 32.0 Å². The Kier molecular flexibility index (Phi) is 4.16. The van der Waals surface area contributed by atoms with Crippen LogP contribution in [0.3, 0.4) is 0 Å². The molecular formula is C15H15F3N2O. The number of aromatic nitrogens is 2. The molecule has 112 valence electrons. The Hall–Kier alpha value is -2.11. The van der Waals surface area contributed by atoms with E-state index in [1.807, 2.05) is 13.8 Å². The van der Waals surface area contributed by atoms with Crippen LogP contribution < -0.4 is 0 Å². The molecule has 0 bridgehead atoms. The van der Waals surface area contributed by atoms with Crippen molar-refractivity contribution < 1.29 is 18.0 Å². The minimum atomic E-state index is -4.39. The molecule has 1 aromatic carbocycles. The summed E-state index contributed by atoms with van der Waals surface area (Å²) >= 11 is 0. The predicted octanol–water partition coefficient (Wildman–Crippen LogP) is 3.91. The molecule has 6 heteroatoms. The summed E-state index contributed by atoms with van der Waals surface area (Å²) in [6, 6.07) is 6.16. The van der Waals surface area contributed by atoms with E-state index >= 15 is 0 Å². The van der Waals surface area contributed by atoms with Crippen LogP contribution in [0, 0.1) is 0 Å². The fourth-order valence-corrected chi connectivity index (χ4v) is 1.87. The summed E-state index contributed by atoms with van der Waals surface area (Å²) in [5.41, 5.74) is 0.0961. The van der Waals surface area contributed by atoms with Crippen LogP contribution >= 0.6 is 0 Å². The maximum absolute atomic E-state index is 12.4. The summed E-state index contributed by atoms with van der Waals surface area (Å²) in [4.78, 5) is 12.0. The van der Waals surface area contributed by atoms with Gasteiger partial charge in [-0.25, -0.2) is 0 Å². The van der Waals surface area contributed by atoms with Gasteiger partial charge in [-0.1, -0.05) is 12.1 Å². The molecule has 0 unspecified atom stereocenters. The average Bonchev–Trinajstić information content (AvgIpc) is 2.86. The number of hydrogen-bond acceptors (Lipinski definition) is 2. The molecule has 0 saturated heterocycles. The third-order valence-electron chi connectivity index (χ3n) is 3.07. The SMILES string of the molecule is CC(C)n1ccc(CC(=O)c2ccc(C(F)(F)F)cc2)n1. The molecule has 0 saturated carbocycles. The number of hydrogen-bond donors (Lipinski definition) is 0. The van der Waals surface area contributed by atoms with E-state index in [0.29, 0.717) is 5.69 Å². The van der Waals surface area contributed by atoms with E-state index in [2.05, 4.69) is 5.10 Å². The highest BCUT2D eigenvalue weighted by Crippen LogP contribution is 2.29. The van der Waals surface area contributed by atoms with E-state index in [1.165, 1.54) is 12.1 Å². The number of ketones is 1. The predicted molar refractivity (Wildman–Crippen MR) is 72.1 cm³/mol. The quantitative estimate of drug-likeness (QED) is 0.802. The molecule has 0 radical (unpaired) electrons. The monoisotopic (exact) mass is 296 g/mol. The average molecular weight is 296 g/mol. The van der Waals surface area contributed by atoms with Crippen LogP contribution in [0.2, 0.25) is 0 Å². The summed E-state index contributed by atoms with van der Waals surface area (Å²) in [6.07, 6.45) is -2.54. The standard InChI is InChI=1S/C15H15F3N2O/c1-10(2)20-8-7-13(19-20)9-14(21)11-3-5-12(6-4-11)15(16,17)18/h3-8,10H,9H2,1-2H3. The number of benzene rings is 1. The molecule has 21 heavy (non-hydrogen) atoms. The van der Waals surface area contributed by atoms with Crippen LogP contribution in [0.1, 0.15) is 41.5 Å². The maximum Gasteiger partial charge on any atom is 0.416 e. The Morgan fingerprint density at radius 3 is 2.29 bits per heavy atom. The number of nitrogens with zero attached hydrogens (tertiary/aromatic N) is 2. The molecule has 0 aliphatic heterocycles. The summed E-state index contributed by atoms with van der Waals surface area (Å²) in [7, 11) is 0. The highest BCUT2D eigenvalue weighted by atomic mass is 19.4. The second-order valence-electron chi connectivity index (χ2n) is 5.06. The minimum absolute atomic E-state index is 0.0745. The number of rotatable bonds is 4. The first-order chi connectivity index (χ1) is 9.77. The van der Waals surface area contributed by atoms with Crippen molar-refractivity contribution in [3.63, 3.8) is 0 Å². The van der Waals surface area contributed by atoms with Crippen molar-refractivity contribution in [2.45, 2.75) is 32.5 Å². The number of halogens is 3. The third-order valence-corrected chi connectivity index (χ3v) is 3.07. The second-order valence-corrected chi connectivity index (χ2v) is 5.06. The summed E-state index contributed by atoms with van der Waals surface area (Å²) in [5.74, 6) is -0.252. The lowest BCUT2D eigenvalue weighted by Gasteiger charge is -2.07. The zero-order valence-electron chi connectivity index (χ0n) is 11.7. The Balaban J connectivity index is 2.09. The van der Waals surface area contributed by atoms with Crippen molar-refractivity contribution in [3.8, 4) is 0 Å². The molecule has 1 aromatic heterocycles. The topological polar surface area (TPSA) is 34.9 Å². The van der Waals surface area contributed by atoms with E-state index in [9.17, 15) is 18.0 Å². The molecule has 1 heterocycles. The van der Waals surface area contributed by atoms with Crippen molar-refractivity contribution in [2.75, 3.05) is 0 Å². The molecule has 3 nitrogen and oxygen atoms in total. The molecule has 0 aliphatic rings. The van der Waals surface area contributed by atoms with Crippen LogP contribution in [0.15, 0.2) is 36.5 Å². The molecule has 0 fully saturated rings. The molecular weight excluding hydrogens is 281 g/mol. The number of carbonyl (C=O) groups excluding carboxylic acids is 1. The lowest BCUT2D eigenvalue weighted by molar-refractivity contribution is -0.137. The zero-order valence-corrected chi connectivity index (χ0v) is 11.7. The van der Waals surface area contributed by atoms with Gasteiger partial charge in [0.05, 0.1) is 17.7 Å². The Labute approximate surface area is 120 Å². The highest BCUT2D eigenvalue weighted by Gasteiger charge is 2.30. The summed E-state index contributed by atoms with van der Waals surface area (Å²) in [5, 5.41) is 4.25. The first-order valence-corrected chi connectivity index (χ1v) is 6.52. The van der Waals surface area contributed by atoms with Crippen LogP contribution in [0.25, 0.3) is 0 Å².